The Labute approximate surface area is 163 Å². The van der Waals surface area contributed by atoms with Crippen molar-refractivity contribution in [3.05, 3.63) is 40.8 Å². The molecule has 8 heteroatoms. The van der Waals surface area contributed by atoms with Gasteiger partial charge in [-0.1, -0.05) is 6.92 Å². The normalized spacial score (nSPS) is 16.3. The molecule has 0 spiro atoms. The predicted molar refractivity (Wildman–Crippen MR) is 108 cm³/mol. The van der Waals surface area contributed by atoms with E-state index in [0.29, 0.717) is 10.8 Å². The summed E-state index contributed by atoms with van der Waals surface area (Å²) in [6.45, 7) is 4.50. The zero-order valence-electron chi connectivity index (χ0n) is 15.6. The summed E-state index contributed by atoms with van der Waals surface area (Å²) in [6.07, 6.45) is 4.02. The fraction of sp³-hybridized carbons (Fsp3) is 0.474. The third-order valence-corrected chi connectivity index (χ3v) is 9.22. The molecule has 0 aliphatic heterocycles. The number of hydrogen-bond acceptors (Lipinski definition) is 5. The van der Waals surface area contributed by atoms with Gasteiger partial charge in [-0.2, -0.15) is 0 Å². The quantitative estimate of drug-likeness (QED) is 0.532. The molecule has 1 atom stereocenters. The van der Waals surface area contributed by atoms with Crippen LogP contribution in [0.15, 0.2) is 24.4 Å². The largest absolute Gasteiger partial charge is 0.386 e. The number of nitrogens with zero attached hydrogens (tertiary/aromatic N) is 1. The second-order valence-corrected chi connectivity index (χ2v) is 11.3. The van der Waals surface area contributed by atoms with Crippen molar-refractivity contribution < 1.29 is 12.8 Å². The highest BCUT2D eigenvalue weighted by atomic mass is 32.2. The summed E-state index contributed by atoms with van der Waals surface area (Å²) in [5.74, 6) is -1.10. The number of aromatic nitrogens is 1. The number of hydrogen-bond donors (Lipinski definition) is 2. The second kappa shape index (κ2) is 6.98. The van der Waals surface area contributed by atoms with Gasteiger partial charge in [-0.15, -0.1) is 11.3 Å². The van der Waals surface area contributed by atoms with Crippen LogP contribution in [0.25, 0.3) is 10.4 Å². The van der Waals surface area contributed by atoms with Crippen molar-refractivity contribution in [1.29, 1.82) is 5.41 Å². The fourth-order valence-corrected chi connectivity index (χ4v) is 5.61. The van der Waals surface area contributed by atoms with E-state index in [-0.39, 0.29) is 5.75 Å². The summed E-state index contributed by atoms with van der Waals surface area (Å²) in [7, 11) is -3.71. The van der Waals surface area contributed by atoms with Gasteiger partial charge in [-0.3, -0.25) is 10.4 Å². The van der Waals surface area contributed by atoms with Crippen LogP contribution in [0, 0.1) is 11.2 Å². The number of rotatable bonds is 7. The van der Waals surface area contributed by atoms with Crippen molar-refractivity contribution in [3.8, 4) is 10.4 Å². The van der Waals surface area contributed by atoms with E-state index < -0.39 is 32.2 Å². The van der Waals surface area contributed by atoms with Crippen molar-refractivity contribution in [2.24, 2.45) is 5.73 Å². The molecule has 5 nitrogen and oxygen atoms in total. The van der Waals surface area contributed by atoms with Gasteiger partial charge in [0, 0.05) is 33.5 Å². The zero-order chi connectivity index (χ0) is 20.0. The Morgan fingerprint density at radius 3 is 2.70 bits per heavy atom. The molecule has 2 heterocycles. The molecule has 1 unspecified atom stereocenters. The average molecular weight is 410 g/mol. The van der Waals surface area contributed by atoms with Gasteiger partial charge in [0.15, 0.2) is 9.84 Å². The maximum atomic E-state index is 14.6. The van der Waals surface area contributed by atoms with Crippen LogP contribution in [0.2, 0.25) is 0 Å². The molecule has 1 fully saturated rings. The van der Waals surface area contributed by atoms with E-state index >= 15 is 0 Å². The molecule has 2 aromatic heterocycles. The Hall–Kier alpha value is -1.80. The number of nitrogens with one attached hydrogen (secondary N) is 1. The second-order valence-electron chi connectivity index (χ2n) is 7.67. The number of nitrogens with two attached hydrogens (primary N) is 1. The van der Waals surface area contributed by atoms with Gasteiger partial charge in [0.05, 0.1) is 5.75 Å². The first kappa shape index (κ1) is 19.9. The highest BCUT2D eigenvalue weighted by molar-refractivity contribution is 7.93. The minimum Gasteiger partial charge on any atom is -0.386 e. The third-order valence-electron chi connectivity index (χ3n) is 5.12. The van der Waals surface area contributed by atoms with Crippen LogP contribution in [0.5, 0.6) is 0 Å². The Morgan fingerprint density at radius 2 is 2.11 bits per heavy atom. The molecule has 27 heavy (non-hydrogen) atoms. The minimum absolute atomic E-state index is 0.264. The van der Waals surface area contributed by atoms with Crippen molar-refractivity contribution >= 4 is 27.0 Å². The molecule has 2 aromatic rings. The van der Waals surface area contributed by atoms with Crippen molar-refractivity contribution in [1.82, 2.24) is 4.98 Å². The van der Waals surface area contributed by atoms with Crippen molar-refractivity contribution in [2.75, 3.05) is 5.75 Å². The molecular weight excluding hydrogens is 385 g/mol. The highest BCUT2D eigenvalue weighted by Crippen LogP contribution is 2.41. The zero-order valence-corrected chi connectivity index (χ0v) is 17.3. The summed E-state index contributed by atoms with van der Waals surface area (Å²) >= 11 is 1.27. The molecule has 3 N–H and O–H groups in total. The van der Waals surface area contributed by atoms with Gasteiger partial charge in [0.25, 0.3) is 0 Å². The summed E-state index contributed by atoms with van der Waals surface area (Å²) in [6, 6.07) is 5.31. The van der Waals surface area contributed by atoms with Crippen molar-refractivity contribution in [2.45, 2.75) is 50.2 Å². The van der Waals surface area contributed by atoms with E-state index in [1.54, 1.807) is 13.1 Å². The first-order valence-corrected chi connectivity index (χ1v) is 11.3. The highest BCUT2D eigenvalue weighted by Gasteiger charge is 2.39. The van der Waals surface area contributed by atoms with Crippen LogP contribution in [0.3, 0.4) is 0 Å². The summed E-state index contributed by atoms with van der Waals surface area (Å²) in [5, 5.41) is 7.54. The van der Waals surface area contributed by atoms with Crippen LogP contribution in [0.4, 0.5) is 4.39 Å². The Kier molecular flexibility index (Phi) is 5.16. The fourth-order valence-electron chi connectivity index (χ4n) is 2.85. The van der Waals surface area contributed by atoms with Gasteiger partial charge >= 0.3 is 0 Å². The standard InChI is InChI=1S/C19H24FN3O2S2/c1-11(10-27(24,25)19(2,3)18(21)22)17-14(20)9-16(26-17)13-6-7-23-15(8-13)12-4-5-12/h6-9,11-12H,4-5,10H2,1-3H3,(H3,21,22). The topological polar surface area (TPSA) is 96.9 Å². The van der Waals surface area contributed by atoms with E-state index in [0.717, 1.165) is 29.0 Å². The summed E-state index contributed by atoms with van der Waals surface area (Å²) < 4.78 is 38.4. The van der Waals surface area contributed by atoms with Gasteiger partial charge in [0.2, 0.25) is 0 Å². The maximum Gasteiger partial charge on any atom is 0.163 e. The van der Waals surface area contributed by atoms with Crippen LogP contribution < -0.4 is 5.73 Å². The molecule has 1 saturated carbocycles. The van der Waals surface area contributed by atoms with E-state index in [1.807, 2.05) is 12.1 Å². The molecule has 0 aromatic carbocycles. The molecule has 0 bridgehead atoms. The lowest BCUT2D eigenvalue weighted by atomic mass is 10.1. The first-order chi connectivity index (χ1) is 12.5. The lowest BCUT2D eigenvalue weighted by Gasteiger charge is -2.24. The monoisotopic (exact) mass is 409 g/mol. The van der Waals surface area contributed by atoms with Gasteiger partial charge in [-0.25, -0.2) is 12.8 Å². The Balaban J connectivity index is 1.86. The summed E-state index contributed by atoms with van der Waals surface area (Å²) in [5.41, 5.74) is 7.38. The molecule has 1 aliphatic carbocycles. The molecule has 3 rings (SSSR count). The molecular formula is C19H24FN3O2S2. The molecule has 146 valence electrons. The predicted octanol–water partition coefficient (Wildman–Crippen LogP) is 4.06. The molecule has 1 aliphatic rings. The number of thiophene rings is 1. The molecule has 0 saturated heterocycles. The van der Waals surface area contributed by atoms with E-state index in [4.69, 9.17) is 11.1 Å². The van der Waals surface area contributed by atoms with E-state index in [2.05, 4.69) is 4.98 Å². The van der Waals surface area contributed by atoms with Crippen LogP contribution in [-0.2, 0) is 9.84 Å². The number of halogens is 1. The lowest BCUT2D eigenvalue weighted by molar-refractivity contribution is 0.567. The number of pyridine rings is 1. The van der Waals surface area contributed by atoms with Gasteiger partial charge < -0.3 is 5.73 Å². The maximum absolute atomic E-state index is 14.6. The van der Waals surface area contributed by atoms with Gasteiger partial charge in [-0.05, 0) is 50.5 Å². The number of sulfone groups is 1. The number of amidine groups is 1. The first-order valence-electron chi connectivity index (χ1n) is 8.85. The third kappa shape index (κ3) is 3.91. The van der Waals surface area contributed by atoms with Crippen LogP contribution >= 0.6 is 11.3 Å². The Morgan fingerprint density at radius 1 is 1.44 bits per heavy atom. The van der Waals surface area contributed by atoms with E-state index in [9.17, 15) is 12.8 Å². The lowest BCUT2D eigenvalue weighted by Crippen LogP contribution is -2.46. The average Bonchev–Trinajstić information content (AvgIpc) is 3.36. The van der Waals surface area contributed by atoms with Gasteiger partial charge in [0.1, 0.15) is 16.4 Å². The van der Waals surface area contributed by atoms with Crippen LogP contribution in [0.1, 0.15) is 56.0 Å². The van der Waals surface area contributed by atoms with E-state index in [1.165, 1.54) is 31.3 Å². The SMILES string of the molecule is CC(CS(=O)(=O)C(C)(C)C(=N)N)c1sc(-c2ccnc(C3CC3)c2)cc1F. The van der Waals surface area contributed by atoms with Crippen molar-refractivity contribution in [3.63, 3.8) is 0 Å². The Bertz CT molecular complexity index is 979. The smallest absolute Gasteiger partial charge is 0.163 e. The minimum atomic E-state index is -3.71. The van der Waals surface area contributed by atoms with Crippen LogP contribution in [-0.4, -0.2) is 29.7 Å². The molecule has 0 radical (unpaired) electrons. The molecule has 0 amide bonds. The summed E-state index contributed by atoms with van der Waals surface area (Å²) in [4.78, 5) is 5.55.